The largest absolute Gasteiger partial charge is 0.481 e. The van der Waals surface area contributed by atoms with E-state index in [0.29, 0.717) is 6.42 Å². The predicted octanol–water partition coefficient (Wildman–Crippen LogP) is -2.13. The number of carboxylic acids is 2. The Bertz CT molecular complexity index is 681. The van der Waals surface area contributed by atoms with E-state index in [1.165, 1.54) is 6.92 Å². The van der Waals surface area contributed by atoms with Crippen LogP contribution in [0, 0.1) is 5.92 Å². The number of carbonyl (C=O) groups excluding carboxylic acids is 3. The van der Waals surface area contributed by atoms with Gasteiger partial charge in [0, 0.05) is 6.54 Å². The molecule has 12 heteroatoms. The fourth-order valence-electron chi connectivity index (χ4n) is 3.06. The zero-order valence-corrected chi connectivity index (χ0v) is 17.2. The van der Waals surface area contributed by atoms with Crippen molar-refractivity contribution in [2.45, 2.75) is 70.3 Å². The molecule has 0 aromatic heterocycles. The molecule has 1 heterocycles. The molecule has 170 valence electrons. The van der Waals surface area contributed by atoms with Crippen molar-refractivity contribution in [1.29, 1.82) is 0 Å². The van der Waals surface area contributed by atoms with Crippen LogP contribution in [0.4, 0.5) is 0 Å². The number of rotatable bonds is 10. The molecule has 5 unspecified atom stereocenters. The molecule has 0 saturated carbocycles. The number of carbonyl (C=O) groups is 5. The summed E-state index contributed by atoms with van der Waals surface area (Å²) in [5.74, 6) is -5.39. The van der Waals surface area contributed by atoms with Gasteiger partial charge in [-0.1, -0.05) is 13.8 Å². The minimum Gasteiger partial charge on any atom is -0.481 e. The van der Waals surface area contributed by atoms with E-state index in [-0.39, 0.29) is 18.9 Å². The first kappa shape index (κ1) is 25.3. The van der Waals surface area contributed by atoms with Crippen LogP contribution in [-0.4, -0.2) is 86.7 Å². The standard InChI is InChI=1S/C18H30N4O8/c1-8(2)13(19)16(27)20-10(7-12(24)25)15(26)21-14(9(3)23)17(28)22-6-4-5-11(22)18(29)30/h8-11,13-14,23H,4-7,19H2,1-3H3,(H,20,27)(H,21,26)(H,24,25)(H,29,30). The minimum absolute atomic E-state index is 0.146. The molecule has 0 spiro atoms. The molecule has 1 aliphatic heterocycles. The summed E-state index contributed by atoms with van der Waals surface area (Å²) in [4.78, 5) is 61.1. The van der Waals surface area contributed by atoms with Gasteiger partial charge in [0.2, 0.25) is 17.7 Å². The molecule has 30 heavy (non-hydrogen) atoms. The Balaban J connectivity index is 2.98. The number of aliphatic carboxylic acids is 2. The molecule has 1 fully saturated rings. The van der Waals surface area contributed by atoms with Crippen LogP contribution in [0.2, 0.25) is 0 Å². The van der Waals surface area contributed by atoms with E-state index < -0.39 is 66.4 Å². The second kappa shape index (κ2) is 10.9. The fourth-order valence-corrected chi connectivity index (χ4v) is 3.06. The number of hydrogen-bond acceptors (Lipinski definition) is 7. The highest BCUT2D eigenvalue weighted by molar-refractivity contribution is 5.96. The van der Waals surface area contributed by atoms with Crippen LogP contribution in [0.15, 0.2) is 0 Å². The topological polar surface area (TPSA) is 199 Å². The van der Waals surface area contributed by atoms with Gasteiger partial charge in [-0.25, -0.2) is 4.79 Å². The van der Waals surface area contributed by atoms with Gasteiger partial charge in [0.25, 0.3) is 0 Å². The molecule has 0 radical (unpaired) electrons. The van der Waals surface area contributed by atoms with Crippen molar-refractivity contribution in [3.63, 3.8) is 0 Å². The third kappa shape index (κ3) is 6.66. The summed E-state index contributed by atoms with van der Waals surface area (Å²) in [7, 11) is 0. The molecule has 1 rings (SSSR count). The maximum atomic E-state index is 12.8. The van der Waals surface area contributed by atoms with Gasteiger partial charge in [-0.15, -0.1) is 0 Å². The molecule has 1 aliphatic rings. The second-order valence-corrected chi connectivity index (χ2v) is 7.68. The van der Waals surface area contributed by atoms with Crippen LogP contribution in [0.3, 0.4) is 0 Å². The number of hydrogen-bond donors (Lipinski definition) is 6. The molecule has 3 amide bonds. The van der Waals surface area contributed by atoms with Crippen molar-refractivity contribution in [1.82, 2.24) is 15.5 Å². The predicted molar refractivity (Wildman–Crippen MR) is 103 cm³/mol. The van der Waals surface area contributed by atoms with Crippen molar-refractivity contribution in [3.8, 4) is 0 Å². The van der Waals surface area contributed by atoms with E-state index in [0.717, 1.165) is 4.90 Å². The summed E-state index contributed by atoms with van der Waals surface area (Å²) >= 11 is 0. The number of nitrogens with zero attached hydrogens (tertiary/aromatic N) is 1. The van der Waals surface area contributed by atoms with Crippen LogP contribution in [0.1, 0.15) is 40.0 Å². The fraction of sp³-hybridized carbons (Fsp3) is 0.722. The van der Waals surface area contributed by atoms with Gasteiger partial charge in [0.05, 0.1) is 18.6 Å². The number of amides is 3. The lowest BCUT2D eigenvalue weighted by Crippen LogP contribution is -2.60. The zero-order valence-electron chi connectivity index (χ0n) is 17.2. The maximum Gasteiger partial charge on any atom is 0.326 e. The van der Waals surface area contributed by atoms with Crippen LogP contribution >= 0.6 is 0 Å². The van der Waals surface area contributed by atoms with Gasteiger partial charge in [-0.05, 0) is 25.7 Å². The average molecular weight is 430 g/mol. The van der Waals surface area contributed by atoms with Crippen molar-refractivity contribution in [2.75, 3.05) is 6.54 Å². The van der Waals surface area contributed by atoms with Crippen LogP contribution in [0.25, 0.3) is 0 Å². The Kier molecular flexibility index (Phi) is 9.18. The number of nitrogens with one attached hydrogen (secondary N) is 2. The first-order chi connectivity index (χ1) is 13.9. The summed E-state index contributed by atoms with van der Waals surface area (Å²) in [6.07, 6.45) is -1.47. The Morgan fingerprint density at radius 1 is 1.07 bits per heavy atom. The Morgan fingerprint density at radius 3 is 2.13 bits per heavy atom. The molecule has 12 nitrogen and oxygen atoms in total. The lowest BCUT2D eigenvalue weighted by molar-refractivity contribution is -0.151. The normalized spacial score (nSPS) is 20.2. The van der Waals surface area contributed by atoms with E-state index >= 15 is 0 Å². The molecule has 1 saturated heterocycles. The molecule has 7 N–H and O–H groups in total. The lowest BCUT2D eigenvalue weighted by Gasteiger charge is -2.30. The van der Waals surface area contributed by atoms with Gasteiger partial charge in [-0.2, -0.15) is 0 Å². The Morgan fingerprint density at radius 2 is 1.67 bits per heavy atom. The third-order valence-corrected chi connectivity index (χ3v) is 4.90. The first-order valence-electron chi connectivity index (χ1n) is 9.66. The van der Waals surface area contributed by atoms with Gasteiger partial charge in [0.15, 0.2) is 0 Å². The summed E-state index contributed by atoms with van der Waals surface area (Å²) < 4.78 is 0. The average Bonchev–Trinajstić information content (AvgIpc) is 3.13. The number of aliphatic hydroxyl groups is 1. The van der Waals surface area contributed by atoms with Crippen molar-refractivity contribution >= 4 is 29.7 Å². The van der Waals surface area contributed by atoms with E-state index in [9.17, 15) is 34.2 Å². The maximum absolute atomic E-state index is 12.8. The zero-order chi connectivity index (χ0) is 23.2. The molecule has 0 aliphatic carbocycles. The van der Waals surface area contributed by atoms with Gasteiger partial charge in [-0.3, -0.25) is 19.2 Å². The number of aliphatic hydroxyl groups excluding tert-OH is 1. The van der Waals surface area contributed by atoms with E-state index in [2.05, 4.69) is 10.6 Å². The highest BCUT2D eigenvalue weighted by Gasteiger charge is 2.40. The second-order valence-electron chi connectivity index (χ2n) is 7.68. The SMILES string of the molecule is CC(C)C(N)C(=O)NC(CC(=O)O)C(=O)NC(C(=O)N1CCCC1C(=O)O)C(C)O. The van der Waals surface area contributed by atoms with Crippen molar-refractivity contribution < 1.29 is 39.3 Å². The third-order valence-electron chi connectivity index (χ3n) is 4.90. The minimum atomic E-state index is -1.54. The molecule has 0 aromatic rings. The molecule has 0 bridgehead atoms. The van der Waals surface area contributed by atoms with E-state index in [1.807, 2.05) is 0 Å². The molecular formula is C18H30N4O8. The van der Waals surface area contributed by atoms with Crippen molar-refractivity contribution in [2.24, 2.45) is 11.7 Å². The number of nitrogens with two attached hydrogens (primary N) is 1. The highest BCUT2D eigenvalue weighted by Crippen LogP contribution is 2.19. The van der Waals surface area contributed by atoms with Crippen molar-refractivity contribution in [3.05, 3.63) is 0 Å². The Hall–Kier alpha value is -2.73. The van der Waals surface area contributed by atoms with Gasteiger partial charge < -0.3 is 36.6 Å². The summed E-state index contributed by atoms with van der Waals surface area (Å²) in [5.41, 5.74) is 5.72. The lowest BCUT2D eigenvalue weighted by atomic mass is 10.0. The molecular weight excluding hydrogens is 400 g/mol. The van der Waals surface area contributed by atoms with Crippen LogP contribution in [0.5, 0.6) is 0 Å². The summed E-state index contributed by atoms with van der Waals surface area (Å²) in [6.45, 7) is 4.72. The summed E-state index contributed by atoms with van der Waals surface area (Å²) in [5, 5.41) is 32.8. The first-order valence-corrected chi connectivity index (χ1v) is 9.66. The monoisotopic (exact) mass is 430 g/mol. The number of likely N-dealkylation sites (tertiary alicyclic amines) is 1. The smallest absolute Gasteiger partial charge is 0.326 e. The van der Waals surface area contributed by atoms with Crippen LogP contribution in [-0.2, 0) is 24.0 Å². The van der Waals surface area contributed by atoms with Gasteiger partial charge >= 0.3 is 11.9 Å². The van der Waals surface area contributed by atoms with Crippen LogP contribution < -0.4 is 16.4 Å². The quantitative estimate of drug-likeness (QED) is 0.224. The summed E-state index contributed by atoms with van der Waals surface area (Å²) in [6, 6.07) is -5.11. The van der Waals surface area contributed by atoms with E-state index in [4.69, 9.17) is 10.8 Å². The Labute approximate surface area is 173 Å². The van der Waals surface area contributed by atoms with E-state index in [1.54, 1.807) is 13.8 Å². The van der Waals surface area contributed by atoms with Gasteiger partial charge in [0.1, 0.15) is 18.1 Å². The molecule has 5 atom stereocenters. The highest BCUT2D eigenvalue weighted by atomic mass is 16.4. The number of carboxylic acid groups (broad SMARTS) is 2. The molecule has 0 aromatic carbocycles.